The van der Waals surface area contributed by atoms with Crippen LogP contribution < -0.4 is 0 Å². The number of hydrogen-bond donors (Lipinski definition) is 0. The van der Waals surface area contributed by atoms with Crippen LogP contribution in [-0.4, -0.2) is 10.8 Å². The third-order valence-corrected chi connectivity index (χ3v) is 2.67. The van der Waals surface area contributed by atoms with E-state index in [1.54, 1.807) is 12.1 Å². The van der Waals surface area contributed by atoms with E-state index in [0.717, 1.165) is 5.56 Å². The lowest BCUT2D eigenvalue weighted by Gasteiger charge is -2.35. The minimum Gasteiger partial charge on any atom is -0.258 e. The molecule has 3 nitrogen and oxygen atoms in total. The van der Waals surface area contributed by atoms with Crippen LogP contribution in [-0.2, 0) is 0 Å². The molecule has 0 saturated heterocycles. The Kier molecular flexibility index (Phi) is 2.17. The van der Waals surface area contributed by atoms with Gasteiger partial charge in [-0.05, 0) is 11.5 Å². The van der Waals surface area contributed by atoms with Gasteiger partial charge in [-0.3, -0.25) is 10.1 Å². The normalized spacial score (nSPS) is 19.6. The zero-order valence-electron chi connectivity index (χ0n) is 7.82. The molecule has 1 saturated carbocycles. The van der Waals surface area contributed by atoms with Gasteiger partial charge in [0.25, 0.3) is 5.69 Å². The first kappa shape index (κ1) is 10.0. The molecule has 0 amide bonds. The molecular weight excluding hydrogens is 204 g/mol. The Balaban J connectivity index is 2.09. The maximum Gasteiger partial charge on any atom is 0.269 e. The fraction of sp³-hybridized carbons (Fsp3) is 0.400. The maximum atomic E-state index is 12.6. The zero-order chi connectivity index (χ0) is 11.1. The van der Waals surface area contributed by atoms with E-state index in [9.17, 15) is 18.9 Å². The topological polar surface area (TPSA) is 43.1 Å². The third kappa shape index (κ3) is 1.95. The van der Waals surface area contributed by atoms with E-state index in [2.05, 4.69) is 0 Å². The van der Waals surface area contributed by atoms with Crippen LogP contribution in [0.2, 0.25) is 0 Å². The summed E-state index contributed by atoms with van der Waals surface area (Å²) in [5.41, 5.74) is 0.747. The highest BCUT2D eigenvalue weighted by Crippen LogP contribution is 2.48. The maximum absolute atomic E-state index is 12.6. The number of hydrogen-bond acceptors (Lipinski definition) is 2. The van der Waals surface area contributed by atoms with E-state index in [4.69, 9.17) is 0 Å². The minimum atomic E-state index is -2.55. The van der Waals surface area contributed by atoms with Crippen LogP contribution in [0, 0.1) is 10.1 Å². The molecule has 80 valence electrons. The fourth-order valence-electron chi connectivity index (χ4n) is 1.77. The van der Waals surface area contributed by atoms with Gasteiger partial charge in [0.2, 0.25) is 5.92 Å². The molecule has 0 bridgehead atoms. The average molecular weight is 213 g/mol. The van der Waals surface area contributed by atoms with Crippen molar-refractivity contribution in [3.8, 4) is 0 Å². The number of benzene rings is 1. The summed E-state index contributed by atoms with van der Waals surface area (Å²) in [5.74, 6) is -2.70. The van der Waals surface area contributed by atoms with Crippen LogP contribution in [0.4, 0.5) is 14.5 Å². The largest absolute Gasteiger partial charge is 0.269 e. The second-order valence-corrected chi connectivity index (χ2v) is 3.81. The van der Waals surface area contributed by atoms with Crippen molar-refractivity contribution >= 4 is 5.69 Å². The number of halogens is 2. The van der Waals surface area contributed by atoms with Gasteiger partial charge in [0.15, 0.2) is 0 Å². The Morgan fingerprint density at radius 1 is 1.27 bits per heavy atom. The number of non-ortho nitro benzene ring substituents is 1. The molecule has 1 aromatic carbocycles. The van der Waals surface area contributed by atoms with Gasteiger partial charge < -0.3 is 0 Å². The molecule has 1 aliphatic carbocycles. The highest BCUT2D eigenvalue weighted by atomic mass is 19.3. The van der Waals surface area contributed by atoms with Crippen molar-refractivity contribution < 1.29 is 13.7 Å². The lowest BCUT2D eigenvalue weighted by Crippen LogP contribution is -2.33. The Hall–Kier alpha value is -1.52. The molecule has 0 radical (unpaired) electrons. The van der Waals surface area contributed by atoms with Gasteiger partial charge in [-0.15, -0.1) is 0 Å². The lowest BCUT2D eigenvalue weighted by molar-refractivity contribution is -0.384. The van der Waals surface area contributed by atoms with E-state index >= 15 is 0 Å². The number of nitrogens with zero attached hydrogens (tertiary/aromatic N) is 1. The fourth-order valence-corrected chi connectivity index (χ4v) is 1.77. The predicted molar refractivity (Wildman–Crippen MR) is 50.0 cm³/mol. The third-order valence-electron chi connectivity index (χ3n) is 2.67. The summed E-state index contributed by atoms with van der Waals surface area (Å²) in [6, 6.07) is 5.81. The monoisotopic (exact) mass is 213 g/mol. The summed E-state index contributed by atoms with van der Waals surface area (Å²) >= 11 is 0. The van der Waals surface area contributed by atoms with E-state index in [1.165, 1.54) is 12.1 Å². The number of nitro groups is 1. The van der Waals surface area contributed by atoms with Gasteiger partial charge in [-0.25, -0.2) is 8.78 Å². The van der Waals surface area contributed by atoms with E-state index in [0.29, 0.717) is 0 Å². The summed E-state index contributed by atoms with van der Waals surface area (Å²) in [7, 11) is 0. The molecule has 0 aliphatic heterocycles. The van der Waals surface area contributed by atoms with Crippen molar-refractivity contribution in [1.29, 1.82) is 0 Å². The van der Waals surface area contributed by atoms with E-state index < -0.39 is 10.8 Å². The van der Waals surface area contributed by atoms with Crippen LogP contribution in [0.15, 0.2) is 24.3 Å². The Bertz CT molecular complexity index is 381. The van der Waals surface area contributed by atoms with Crippen molar-refractivity contribution in [2.75, 3.05) is 0 Å². The van der Waals surface area contributed by atoms with Gasteiger partial charge in [0.1, 0.15) is 0 Å². The Labute approximate surface area is 84.9 Å². The quantitative estimate of drug-likeness (QED) is 0.559. The van der Waals surface area contributed by atoms with Gasteiger partial charge in [-0.1, -0.05) is 12.1 Å². The first-order chi connectivity index (χ1) is 6.98. The molecule has 5 heteroatoms. The molecule has 0 aromatic heterocycles. The second-order valence-electron chi connectivity index (χ2n) is 3.81. The average Bonchev–Trinajstić information content (AvgIpc) is 2.14. The standard InChI is InChI=1S/C10H9F2NO2/c11-10(12)5-8(6-10)7-1-3-9(4-2-7)13(14)15/h1-4,8H,5-6H2. The molecule has 1 aromatic rings. The molecule has 0 N–H and O–H groups in total. The van der Waals surface area contributed by atoms with Crippen molar-refractivity contribution in [1.82, 2.24) is 0 Å². The van der Waals surface area contributed by atoms with Gasteiger partial charge in [0, 0.05) is 25.0 Å². The van der Waals surface area contributed by atoms with Crippen molar-refractivity contribution in [3.63, 3.8) is 0 Å². The highest BCUT2D eigenvalue weighted by Gasteiger charge is 2.45. The summed E-state index contributed by atoms with van der Waals surface area (Å²) < 4.78 is 25.1. The summed E-state index contributed by atoms with van der Waals surface area (Å²) in [6.07, 6.45) is -0.296. The zero-order valence-corrected chi connectivity index (χ0v) is 7.82. The Morgan fingerprint density at radius 2 is 1.80 bits per heavy atom. The molecule has 0 unspecified atom stereocenters. The molecule has 0 atom stereocenters. The Morgan fingerprint density at radius 3 is 2.20 bits per heavy atom. The first-order valence-electron chi connectivity index (χ1n) is 4.60. The number of alkyl halides is 2. The van der Waals surface area contributed by atoms with Crippen LogP contribution in [0.5, 0.6) is 0 Å². The van der Waals surface area contributed by atoms with Crippen LogP contribution in [0.3, 0.4) is 0 Å². The van der Waals surface area contributed by atoms with E-state index in [-0.39, 0.29) is 24.4 Å². The second kappa shape index (κ2) is 3.25. The number of rotatable bonds is 2. The molecule has 2 rings (SSSR count). The summed E-state index contributed by atoms with van der Waals surface area (Å²) in [6.45, 7) is 0. The SMILES string of the molecule is O=[N+]([O-])c1ccc(C2CC(F)(F)C2)cc1. The smallest absolute Gasteiger partial charge is 0.258 e. The van der Waals surface area contributed by atoms with E-state index in [1.807, 2.05) is 0 Å². The van der Waals surface area contributed by atoms with Crippen molar-refractivity contribution in [2.24, 2.45) is 0 Å². The molecule has 0 heterocycles. The van der Waals surface area contributed by atoms with Crippen LogP contribution in [0.1, 0.15) is 24.3 Å². The predicted octanol–water partition coefficient (Wildman–Crippen LogP) is 3.11. The van der Waals surface area contributed by atoms with Gasteiger partial charge in [-0.2, -0.15) is 0 Å². The summed E-state index contributed by atoms with van der Waals surface area (Å²) in [5, 5.41) is 10.4. The van der Waals surface area contributed by atoms with Crippen molar-refractivity contribution in [3.05, 3.63) is 39.9 Å². The summed E-state index contributed by atoms with van der Waals surface area (Å²) in [4.78, 5) is 9.85. The molecule has 0 spiro atoms. The molecular formula is C10H9F2NO2. The lowest BCUT2D eigenvalue weighted by atomic mass is 9.77. The molecule has 1 fully saturated rings. The minimum absolute atomic E-state index is 0.00941. The highest BCUT2D eigenvalue weighted by molar-refractivity contribution is 5.35. The van der Waals surface area contributed by atoms with Crippen LogP contribution in [0.25, 0.3) is 0 Å². The van der Waals surface area contributed by atoms with Crippen molar-refractivity contribution in [2.45, 2.75) is 24.7 Å². The number of nitro benzene ring substituents is 1. The van der Waals surface area contributed by atoms with Gasteiger partial charge in [0.05, 0.1) is 4.92 Å². The van der Waals surface area contributed by atoms with Gasteiger partial charge >= 0.3 is 0 Å². The molecule has 15 heavy (non-hydrogen) atoms. The molecule has 1 aliphatic rings. The first-order valence-corrected chi connectivity index (χ1v) is 4.60. The van der Waals surface area contributed by atoms with Crippen LogP contribution >= 0.6 is 0 Å².